The van der Waals surface area contributed by atoms with Gasteiger partial charge in [-0.1, -0.05) is 56.1 Å². The number of imidazole rings is 1. The number of amides is 1. The molecule has 0 bridgehead atoms. The van der Waals surface area contributed by atoms with Crippen molar-refractivity contribution in [3.05, 3.63) is 98.7 Å². The number of carbonyl (C=O) groups excluding carboxylic acids is 1. The second-order valence-corrected chi connectivity index (χ2v) is 8.58. The van der Waals surface area contributed by atoms with Crippen LogP contribution < -0.4 is 5.32 Å². The van der Waals surface area contributed by atoms with Crippen LogP contribution in [0.5, 0.6) is 0 Å². The first kappa shape index (κ1) is 19.9. The Hall–Kier alpha value is -2.44. The number of hydrogen-bond donors (Lipinski definition) is 1. The predicted molar refractivity (Wildman–Crippen MR) is 123 cm³/mol. The number of rotatable bonds is 6. The molecule has 0 radical (unpaired) electrons. The number of benzene rings is 3. The Kier molecular flexibility index (Phi) is 6.11. The number of carbonyl (C=O) groups is 1. The summed E-state index contributed by atoms with van der Waals surface area (Å²) in [6.07, 6.45) is 0.658. The molecule has 146 valence electrons. The molecule has 1 heterocycles. The molecule has 1 aromatic heterocycles. The molecule has 0 fully saturated rings. The fourth-order valence-electron chi connectivity index (χ4n) is 3.30. The molecule has 0 aliphatic rings. The van der Waals surface area contributed by atoms with E-state index in [9.17, 15) is 4.79 Å². The Morgan fingerprint density at radius 3 is 2.52 bits per heavy atom. The van der Waals surface area contributed by atoms with E-state index in [0.717, 1.165) is 32.3 Å². The lowest BCUT2D eigenvalue weighted by Crippen LogP contribution is -2.26. The van der Waals surface area contributed by atoms with Crippen molar-refractivity contribution in [2.24, 2.45) is 0 Å². The van der Waals surface area contributed by atoms with Crippen molar-refractivity contribution < 1.29 is 4.79 Å². The summed E-state index contributed by atoms with van der Waals surface area (Å²) in [5, 5.41) is 3.00. The third-order valence-corrected chi connectivity index (χ3v) is 5.73. The van der Waals surface area contributed by atoms with E-state index in [-0.39, 0.29) is 5.91 Å². The van der Waals surface area contributed by atoms with E-state index in [1.165, 1.54) is 5.56 Å². The minimum absolute atomic E-state index is 0.0767. The van der Waals surface area contributed by atoms with Gasteiger partial charge in [-0.15, -0.1) is 0 Å². The van der Waals surface area contributed by atoms with E-state index in [4.69, 9.17) is 4.98 Å². The van der Waals surface area contributed by atoms with Gasteiger partial charge in [0.1, 0.15) is 5.82 Å². The summed E-state index contributed by atoms with van der Waals surface area (Å²) in [4.78, 5) is 17.2. The molecule has 0 aliphatic heterocycles. The quantitative estimate of drug-likeness (QED) is 0.366. The van der Waals surface area contributed by atoms with Gasteiger partial charge < -0.3 is 9.88 Å². The summed E-state index contributed by atoms with van der Waals surface area (Å²) in [6, 6.07) is 23.8. The number of para-hydroxylation sites is 2. The van der Waals surface area contributed by atoms with Crippen LogP contribution in [0.1, 0.15) is 21.7 Å². The summed E-state index contributed by atoms with van der Waals surface area (Å²) in [6.45, 7) is 1.26. The highest BCUT2D eigenvalue weighted by atomic mass is 79.9. The lowest BCUT2D eigenvalue weighted by atomic mass is 10.2. The fourth-order valence-corrected chi connectivity index (χ4v) is 4.01. The number of hydrogen-bond acceptors (Lipinski definition) is 2. The van der Waals surface area contributed by atoms with Gasteiger partial charge in [0.2, 0.25) is 0 Å². The van der Waals surface area contributed by atoms with Gasteiger partial charge >= 0.3 is 0 Å². The van der Waals surface area contributed by atoms with Gasteiger partial charge in [-0.2, -0.15) is 0 Å². The molecule has 0 atom stereocenters. The SMILES string of the molecule is O=C(NCCc1nc2ccccc2n1Cc1cccc(Br)c1)c1ccc(Br)cc1. The van der Waals surface area contributed by atoms with Gasteiger partial charge in [0.05, 0.1) is 11.0 Å². The van der Waals surface area contributed by atoms with E-state index >= 15 is 0 Å². The van der Waals surface area contributed by atoms with Crippen molar-refractivity contribution in [3.8, 4) is 0 Å². The largest absolute Gasteiger partial charge is 0.352 e. The maximum absolute atomic E-state index is 12.4. The lowest BCUT2D eigenvalue weighted by Gasteiger charge is -2.11. The van der Waals surface area contributed by atoms with Gasteiger partial charge in [-0.05, 0) is 54.1 Å². The molecule has 0 unspecified atom stereocenters. The van der Waals surface area contributed by atoms with Crippen LogP contribution in [0.15, 0.2) is 81.7 Å². The zero-order valence-electron chi connectivity index (χ0n) is 15.6. The number of fused-ring (bicyclic) bond motifs is 1. The molecule has 0 spiro atoms. The fraction of sp³-hybridized carbons (Fsp3) is 0.130. The maximum Gasteiger partial charge on any atom is 0.251 e. The molecule has 1 N–H and O–H groups in total. The molecule has 4 nitrogen and oxygen atoms in total. The third kappa shape index (κ3) is 4.77. The molecule has 6 heteroatoms. The molecule has 29 heavy (non-hydrogen) atoms. The molecule has 4 aromatic rings. The highest BCUT2D eigenvalue weighted by Gasteiger charge is 2.12. The Labute approximate surface area is 186 Å². The number of nitrogens with zero attached hydrogens (tertiary/aromatic N) is 2. The van der Waals surface area contributed by atoms with Gasteiger partial charge in [0, 0.05) is 34.0 Å². The van der Waals surface area contributed by atoms with Crippen molar-refractivity contribution in [2.75, 3.05) is 6.54 Å². The van der Waals surface area contributed by atoms with Crippen LogP contribution in [-0.2, 0) is 13.0 Å². The third-order valence-electron chi connectivity index (χ3n) is 4.70. The molecule has 1 amide bonds. The molecule has 0 saturated heterocycles. The van der Waals surface area contributed by atoms with Gasteiger partial charge in [-0.3, -0.25) is 4.79 Å². The Bertz CT molecular complexity index is 1150. The van der Waals surface area contributed by atoms with Crippen LogP contribution in [-0.4, -0.2) is 22.0 Å². The highest BCUT2D eigenvalue weighted by Crippen LogP contribution is 2.20. The average molecular weight is 513 g/mol. The summed E-state index contributed by atoms with van der Waals surface area (Å²) >= 11 is 6.93. The molecular formula is C23H19Br2N3O. The highest BCUT2D eigenvalue weighted by molar-refractivity contribution is 9.10. The zero-order valence-corrected chi connectivity index (χ0v) is 18.8. The smallest absolute Gasteiger partial charge is 0.251 e. The number of halogens is 2. The summed E-state index contributed by atoms with van der Waals surface area (Å²) in [5.41, 5.74) is 3.91. The first-order valence-corrected chi connectivity index (χ1v) is 10.9. The topological polar surface area (TPSA) is 46.9 Å². The van der Waals surface area contributed by atoms with E-state index in [2.05, 4.69) is 59.9 Å². The van der Waals surface area contributed by atoms with Gasteiger partial charge in [0.25, 0.3) is 5.91 Å². The van der Waals surface area contributed by atoms with Crippen molar-refractivity contribution >= 4 is 48.8 Å². The maximum atomic E-state index is 12.4. The lowest BCUT2D eigenvalue weighted by molar-refractivity contribution is 0.0954. The van der Waals surface area contributed by atoms with Crippen LogP contribution in [0.4, 0.5) is 0 Å². The van der Waals surface area contributed by atoms with E-state index in [1.54, 1.807) is 0 Å². The zero-order chi connectivity index (χ0) is 20.2. The van der Waals surface area contributed by atoms with Crippen LogP contribution in [0.2, 0.25) is 0 Å². The summed E-state index contributed by atoms with van der Waals surface area (Å²) in [5.74, 6) is 0.884. The first-order valence-electron chi connectivity index (χ1n) is 9.32. The Morgan fingerprint density at radius 1 is 0.931 bits per heavy atom. The average Bonchev–Trinajstić information content (AvgIpc) is 3.06. The summed E-state index contributed by atoms with van der Waals surface area (Å²) in [7, 11) is 0. The van der Waals surface area contributed by atoms with E-state index in [0.29, 0.717) is 18.5 Å². The van der Waals surface area contributed by atoms with E-state index < -0.39 is 0 Å². The first-order chi connectivity index (χ1) is 14.1. The minimum Gasteiger partial charge on any atom is -0.352 e. The van der Waals surface area contributed by atoms with Crippen molar-refractivity contribution in [1.82, 2.24) is 14.9 Å². The molecule has 0 saturated carbocycles. The van der Waals surface area contributed by atoms with Gasteiger partial charge in [-0.25, -0.2) is 4.98 Å². The van der Waals surface area contributed by atoms with Crippen molar-refractivity contribution in [3.63, 3.8) is 0 Å². The van der Waals surface area contributed by atoms with E-state index in [1.807, 2.05) is 54.6 Å². The van der Waals surface area contributed by atoms with Crippen LogP contribution in [0.3, 0.4) is 0 Å². The van der Waals surface area contributed by atoms with Crippen molar-refractivity contribution in [2.45, 2.75) is 13.0 Å². The molecular weight excluding hydrogens is 494 g/mol. The van der Waals surface area contributed by atoms with Crippen LogP contribution >= 0.6 is 31.9 Å². The summed E-state index contributed by atoms with van der Waals surface area (Å²) < 4.78 is 4.24. The Morgan fingerprint density at radius 2 is 1.72 bits per heavy atom. The van der Waals surface area contributed by atoms with Crippen LogP contribution in [0.25, 0.3) is 11.0 Å². The predicted octanol–water partition coefficient (Wildman–Crippen LogP) is 5.58. The standard InChI is InChI=1S/C23H19Br2N3O/c24-18-10-8-17(9-11-18)23(29)26-13-12-22-27-20-6-1-2-7-21(20)28(22)15-16-4-3-5-19(25)14-16/h1-11,14H,12-13,15H2,(H,26,29). The molecule has 0 aliphatic carbocycles. The van der Waals surface area contributed by atoms with Crippen molar-refractivity contribution in [1.29, 1.82) is 0 Å². The monoisotopic (exact) mass is 511 g/mol. The van der Waals surface area contributed by atoms with Crippen LogP contribution in [0, 0.1) is 0 Å². The van der Waals surface area contributed by atoms with Gasteiger partial charge in [0.15, 0.2) is 0 Å². The second-order valence-electron chi connectivity index (χ2n) is 6.75. The minimum atomic E-state index is -0.0767. The second kappa shape index (κ2) is 8.93. The normalized spacial score (nSPS) is 11.0. The molecule has 3 aromatic carbocycles. The number of nitrogens with one attached hydrogen (secondary N) is 1. The number of aromatic nitrogens is 2. The Balaban J connectivity index is 1.52. The molecule has 4 rings (SSSR count).